The van der Waals surface area contributed by atoms with Crippen molar-refractivity contribution >= 4 is 11.9 Å². The van der Waals surface area contributed by atoms with Crippen LogP contribution in [0.15, 0.2) is 6.07 Å². The van der Waals surface area contributed by atoms with Gasteiger partial charge in [0.15, 0.2) is 5.82 Å². The summed E-state index contributed by atoms with van der Waals surface area (Å²) in [7, 11) is 0. The molecule has 5 saturated heterocycles. The Balaban J connectivity index is 0.931. The first-order valence-electron chi connectivity index (χ1n) is 16.4. The first kappa shape index (κ1) is 28.9. The number of aromatic nitrogens is 2. The first-order chi connectivity index (χ1) is 19.9. The second-order valence-corrected chi connectivity index (χ2v) is 15.9. The van der Waals surface area contributed by atoms with Crippen LogP contribution in [-0.2, 0) is 14.2 Å². The Bertz CT molecular complexity index is 1160. The maximum absolute atomic E-state index is 12.4. The number of fused-ring (bicyclic) bond motifs is 1. The Kier molecular flexibility index (Phi) is 7.11. The maximum atomic E-state index is 12.4. The Labute approximate surface area is 251 Å². The summed E-state index contributed by atoms with van der Waals surface area (Å²) in [6.45, 7) is 22.4. The van der Waals surface area contributed by atoms with Crippen LogP contribution in [0.2, 0.25) is 0 Å². The van der Waals surface area contributed by atoms with Crippen molar-refractivity contribution in [1.29, 1.82) is 0 Å². The number of hydrogen-bond donors (Lipinski definition) is 0. The zero-order chi connectivity index (χ0) is 29.4. The van der Waals surface area contributed by atoms with E-state index in [2.05, 4.69) is 46.2 Å². The lowest BCUT2D eigenvalue weighted by atomic mass is 9.61. The van der Waals surface area contributed by atoms with Crippen LogP contribution in [0.3, 0.4) is 0 Å². The van der Waals surface area contributed by atoms with E-state index >= 15 is 0 Å². The van der Waals surface area contributed by atoms with Crippen LogP contribution < -0.4 is 4.90 Å². The Hall–Kier alpha value is -1.88. The van der Waals surface area contributed by atoms with Gasteiger partial charge < -0.3 is 24.0 Å². The van der Waals surface area contributed by atoms with Gasteiger partial charge in [0.2, 0.25) is 0 Å². The molecule has 10 heteroatoms. The third-order valence-electron chi connectivity index (χ3n) is 11.0. The molecule has 0 aromatic carbocycles. The zero-order valence-corrected chi connectivity index (χ0v) is 26.7. The number of rotatable bonds is 5. The van der Waals surface area contributed by atoms with Gasteiger partial charge in [0.1, 0.15) is 5.60 Å². The number of aryl methyl sites for hydroxylation is 1. The monoisotopic (exact) mass is 584 g/mol. The van der Waals surface area contributed by atoms with Gasteiger partial charge in [-0.3, -0.25) is 14.5 Å². The molecule has 234 valence electrons. The molecule has 1 amide bonds. The van der Waals surface area contributed by atoms with Gasteiger partial charge in [0, 0.05) is 62.0 Å². The summed E-state index contributed by atoms with van der Waals surface area (Å²) in [5.41, 5.74) is 1.11. The normalized spacial score (nSPS) is 31.9. The van der Waals surface area contributed by atoms with Crippen molar-refractivity contribution in [2.45, 2.75) is 103 Å². The number of piperazine rings is 1. The molecule has 0 bridgehead atoms. The van der Waals surface area contributed by atoms with Crippen molar-refractivity contribution in [3.8, 4) is 0 Å². The summed E-state index contributed by atoms with van der Waals surface area (Å²) in [6, 6.07) is 4.37. The van der Waals surface area contributed by atoms with Crippen LogP contribution in [0.5, 0.6) is 0 Å². The predicted octanol–water partition coefficient (Wildman–Crippen LogP) is 3.54. The predicted molar refractivity (Wildman–Crippen MR) is 161 cm³/mol. The van der Waals surface area contributed by atoms with Crippen molar-refractivity contribution in [3.63, 3.8) is 0 Å². The molecule has 1 spiro atoms. The topological polar surface area (TPSA) is 75.5 Å². The van der Waals surface area contributed by atoms with E-state index in [1.807, 2.05) is 25.7 Å². The standard InChI is InChI=1S/C32H52N6O4/c1-22-11-28(33-38(22)24-13-32(14-24)20-35(21-32)29(39)42-30(2,3)4)37-8-7-23(12-31(37,5)6)15-34-9-10-36(25-16-40-17-25)27-19-41-18-26(27)34/h11,23-27H,7-10,12-21H2,1-6H3/t23-,26+,27-/m1/s1. The van der Waals surface area contributed by atoms with Crippen molar-refractivity contribution < 1.29 is 19.0 Å². The number of ether oxygens (including phenoxy) is 3. The van der Waals surface area contributed by atoms with Gasteiger partial charge in [0.25, 0.3) is 0 Å². The first-order valence-corrected chi connectivity index (χ1v) is 16.4. The van der Waals surface area contributed by atoms with Gasteiger partial charge in [-0.25, -0.2) is 4.79 Å². The van der Waals surface area contributed by atoms with Crippen LogP contribution in [0.1, 0.15) is 72.0 Å². The fourth-order valence-electron chi connectivity index (χ4n) is 8.88. The van der Waals surface area contributed by atoms with Gasteiger partial charge >= 0.3 is 6.09 Å². The van der Waals surface area contributed by atoms with Gasteiger partial charge in [-0.2, -0.15) is 5.10 Å². The van der Waals surface area contributed by atoms with Crippen LogP contribution >= 0.6 is 0 Å². The number of carbonyl (C=O) groups excluding carboxylic acids is 1. The van der Waals surface area contributed by atoms with E-state index in [9.17, 15) is 4.79 Å². The van der Waals surface area contributed by atoms with E-state index in [4.69, 9.17) is 19.3 Å². The van der Waals surface area contributed by atoms with Crippen LogP contribution in [0.4, 0.5) is 10.6 Å². The number of piperidine rings is 1. The van der Waals surface area contributed by atoms with Crippen LogP contribution in [0, 0.1) is 18.3 Å². The highest BCUT2D eigenvalue weighted by atomic mass is 16.6. The highest BCUT2D eigenvalue weighted by molar-refractivity contribution is 5.69. The number of nitrogens with zero attached hydrogens (tertiary/aromatic N) is 6. The Morgan fingerprint density at radius 2 is 1.71 bits per heavy atom. The van der Waals surface area contributed by atoms with E-state index in [0.717, 1.165) is 77.8 Å². The molecule has 0 N–H and O–H groups in total. The minimum absolute atomic E-state index is 0.0634. The number of amides is 1. The Morgan fingerprint density at radius 1 is 1.00 bits per heavy atom. The summed E-state index contributed by atoms with van der Waals surface area (Å²) >= 11 is 0. The van der Waals surface area contributed by atoms with Crippen molar-refractivity contribution in [3.05, 3.63) is 11.8 Å². The SMILES string of the molecule is Cc1cc(N2CC[C@@H](CN3CCN(C4COC4)[C@@H]4COC[C@@H]43)CC2(C)C)nn1C1CC2(C1)CN(C(=O)OC(C)(C)C)C2. The highest BCUT2D eigenvalue weighted by Crippen LogP contribution is 2.54. The zero-order valence-electron chi connectivity index (χ0n) is 26.7. The number of hydrogen-bond acceptors (Lipinski definition) is 8. The summed E-state index contributed by atoms with van der Waals surface area (Å²) in [5, 5.41) is 5.19. The molecule has 0 unspecified atom stereocenters. The number of likely N-dealkylation sites (tertiary alicyclic amines) is 1. The second kappa shape index (κ2) is 10.3. The molecule has 1 saturated carbocycles. The molecule has 1 aromatic heterocycles. The summed E-state index contributed by atoms with van der Waals surface area (Å²) < 4.78 is 19.3. The lowest BCUT2D eigenvalue weighted by Crippen LogP contribution is -2.65. The molecular formula is C32H52N6O4. The summed E-state index contributed by atoms with van der Waals surface area (Å²) in [4.78, 5) is 22.3. The van der Waals surface area contributed by atoms with Gasteiger partial charge in [0.05, 0.1) is 50.6 Å². The maximum Gasteiger partial charge on any atom is 0.410 e. The quantitative estimate of drug-likeness (QED) is 0.521. The third-order valence-corrected chi connectivity index (χ3v) is 11.0. The molecule has 10 nitrogen and oxygen atoms in total. The van der Waals surface area contributed by atoms with Gasteiger partial charge in [-0.1, -0.05) is 0 Å². The van der Waals surface area contributed by atoms with Crippen LogP contribution in [-0.4, -0.2) is 126 Å². The summed E-state index contributed by atoms with van der Waals surface area (Å²) in [5.74, 6) is 1.82. The molecule has 6 fully saturated rings. The second-order valence-electron chi connectivity index (χ2n) is 15.9. The average molecular weight is 585 g/mol. The van der Waals surface area contributed by atoms with Crippen molar-refractivity contribution in [1.82, 2.24) is 24.5 Å². The Morgan fingerprint density at radius 3 is 2.38 bits per heavy atom. The molecule has 6 heterocycles. The molecule has 5 aliphatic heterocycles. The molecule has 1 aliphatic carbocycles. The average Bonchev–Trinajstić information content (AvgIpc) is 3.44. The van der Waals surface area contributed by atoms with E-state index in [1.54, 1.807) is 0 Å². The molecule has 6 aliphatic rings. The van der Waals surface area contributed by atoms with Gasteiger partial charge in [-0.15, -0.1) is 0 Å². The van der Waals surface area contributed by atoms with Crippen molar-refractivity contribution in [2.75, 3.05) is 70.6 Å². The van der Waals surface area contributed by atoms with Crippen LogP contribution in [0.25, 0.3) is 0 Å². The molecule has 7 rings (SSSR count). The number of carbonyl (C=O) groups is 1. The van der Waals surface area contributed by atoms with E-state index < -0.39 is 5.60 Å². The van der Waals surface area contributed by atoms with E-state index in [-0.39, 0.29) is 17.0 Å². The van der Waals surface area contributed by atoms with Crippen molar-refractivity contribution in [2.24, 2.45) is 11.3 Å². The minimum atomic E-state index is -0.443. The largest absolute Gasteiger partial charge is 0.444 e. The molecule has 3 atom stereocenters. The summed E-state index contributed by atoms with van der Waals surface area (Å²) in [6.07, 6.45) is 4.39. The van der Waals surface area contributed by atoms with E-state index in [0.29, 0.717) is 30.1 Å². The molecular weight excluding hydrogens is 532 g/mol. The molecule has 0 radical (unpaired) electrons. The third kappa shape index (κ3) is 5.24. The fraction of sp³-hybridized carbons (Fsp3) is 0.875. The van der Waals surface area contributed by atoms with Gasteiger partial charge in [-0.05, 0) is 73.1 Å². The highest BCUT2D eigenvalue weighted by Gasteiger charge is 2.55. The lowest BCUT2D eigenvalue weighted by Gasteiger charge is -2.58. The number of anilines is 1. The molecule has 1 aromatic rings. The minimum Gasteiger partial charge on any atom is -0.444 e. The fourth-order valence-corrected chi connectivity index (χ4v) is 8.88. The molecule has 42 heavy (non-hydrogen) atoms. The van der Waals surface area contributed by atoms with E-state index in [1.165, 1.54) is 25.1 Å². The smallest absolute Gasteiger partial charge is 0.410 e. The lowest BCUT2D eigenvalue weighted by molar-refractivity contribution is -0.104.